The highest BCUT2D eigenvalue weighted by Gasteiger charge is 2.51. The number of aromatic nitrogens is 5. The molecule has 0 N–H and O–H groups in total. The molecule has 1 spiro atoms. The first-order valence-corrected chi connectivity index (χ1v) is 12.1. The van der Waals surface area contributed by atoms with E-state index in [-0.39, 0.29) is 11.4 Å². The van der Waals surface area contributed by atoms with Crippen molar-refractivity contribution in [2.24, 2.45) is 18.4 Å². The normalized spacial score (nSPS) is 18.0. The van der Waals surface area contributed by atoms with Crippen LogP contribution >= 0.6 is 11.6 Å². The van der Waals surface area contributed by atoms with Crippen LogP contribution in [-0.4, -0.2) is 48.9 Å². The van der Waals surface area contributed by atoms with Crippen molar-refractivity contribution in [1.82, 2.24) is 29.3 Å². The SMILES string of the molecule is Cn1nc(Cl)c2c(CC3CC4(C3)CN(CCCc3cc5nncn5cc3F)C4)cccc2c1=O. The molecule has 0 atom stereocenters. The summed E-state index contributed by atoms with van der Waals surface area (Å²) in [5, 5.41) is 13.8. The van der Waals surface area contributed by atoms with E-state index in [4.69, 9.17) is 11.6 Å². The highest BCUT2D eigenvalue weighted by atomic mass is 35.5. The molecule has 1 aromatic carbocycles. The molecule has 3 aromatic heterocycles. The third-order valence-electron chi connectivity index (χ3n) is 7.57. The highest BCUT2D eigenvalue weighted by Crippen LogP contribution is 2.53. The third kappa shape index (κ3) is 3.69. The van der Waals surface area contributed by atoms with Crippen molar-refractivity contribution in [2.45, 2.75) is 32.1 Å². The number of hydrogen-bond acceptors (Lipinski definition) is 5. The minimum absolute atomic E-state index is 0.109. The predicted octanol–water partition coefficient (Wildman–Crippen LogP) is 3.66. The van der Waals surface area contributed by atoms with Crippen LogP contribution < -0.4 is 5.56 Å². The lowest BCUT2D eigenvalue weighted by Gasteiger charge is -2.59. The summed E-state index contributed by atoms with van der Waals surface area (Å²) in [6.45, 7) is 3.22. The molecule has 0 radical (unpaired) electrons. The molecule has 1 saturated heterocycles. The highest BCUT2D eigenvalue weighted by molar-refractivity contribution is 6.34. The zero-order valence-electron chi connectivity index (χ0n) is 19.0. The van der Waals surface area contributed by atoms with Gasteiger partial charge >= 0.3 is 0 Å². The molecule has 34 heavy (non-hydrogen) atoms. The number of pyridine rings is 1. The predicted molar refractivity (Wildman–Crippen MR) is 129 cm³/mol. The maximum atomic E-state index is 14.3. The molecule has 0 amide bonds. The van der Waals surface area contributed by atoms with Crippen LogP contribution in [0.15, 0.2) is 41.6 Å². The second-order valence-electron chi connectivity index (χ2n) is 10.1. The maximum Gasteiger partial charge on any atom is 0.274 e. The Kier molecular flexibility index (Phi) is 5.18. The number of rotatable bonds is 6. The first-order valence-electron chi connectivity index (χ1n) is 11.8. The van der Waals surface area contributed by atoms with Crippen LogP contribution in [0.3, 0.4) is 0 Å². The quantitative estimate of drug-likeness (QED) is 0.421. The van der Waals surface area contributed by atoms with Gasteiger partial charge in [0.15, 0.2) is 10.8 Å². The summed E-state index contributed by atoms with van der Waals surface area (Å²) >= 11 is 6.41. The van der Waals surface area contributed by atoms with Crippen molar-refractivity contribution < 1.29 is 4.39 Å². The van der Waals surface area contributed by atoms with E-state index in [2.05, 4.69) is 26.3 Å². The zero-order valence-corrected chi connectivity index (χ0v) is 19.8. The first kappa shape index (κ1) is 21.7. The molecule has 1 saturated carbocycles. The van der Waals surface area contributed by atoms with Gasteiger partial charge in [0.05, 0.1) is 5.39 Å². The van der Waals surface area contributed by atoms with Crippen LogP contribution in [0, 0.1) is 17.2 Å². The summed E-state index contributed by atoms with van der Waals surface area (Å²) in [6, 6.07) is 7.64. The van der Waals surface area contributed by atoms with Crippen LogP contribution in [0.1, 0.15) is 30.4 Å². The van der Waals surface area contributed by atoms with Gasteiger partial charge in [-0.3, -0.25) is 9.20 Å². The smallest absolute Gasteiger partial charge is 0.274 e. The molecule has 1 aliphatic carbocycles. The topological polar surface area (TPSA) is 68.3 Å². The summed E-state index contributed by atoms with van der Waals surface area (Å²) in [7, 11) is 1.63. The number of fused-ring (bicyclic) bond motifs is 2. The van der Waals surface area contributed by atoms with Crippen molar-refractivity contribution >= 4 is 28.0 Å². The van der Waals surface area contributed by atoms with Gasteiger partial charge in [0.25, 0.3) is 5.56 Å². The molecular weight excluding hydrogens is 455 g/mol. The molecule has 9 heteroatoms. The van der Waals surface area contributed by atoms with Crippen molar-refractivity contribution in [3.8, 4) is 0 Å². The van der Waals surface area contributed by atoms with Gasteiger partial charge in [-0.15, -0.1) is 10.2 Å². The van der Waals surface area contributed by atoms with E-state index >= 15 is 0 Å². The second kappa shape index (κ2) is 8.13. The molecule has 7 nitrogen and oxygen atoms in total. The Morgan fingerprint density at radius 3 is 2.88 bits per heavy atom. The third-order valence-corrected chi connectivity index (χ3v) is 7.84. The average Bonchev–Trinajstić information content (AvgIpc) is 3.21. The monoisotopic (exact) mass is 480 g/mol. The summed E-state index contributed by atoms with van der Waals surface area (Å²) in [5.74, 6) is 0.410. The van der Waals surface area contributed by atoms with Gasteiger partial charge in [-0.25, -0.2) is 9.07 Å². The zero-order chi connectivity index (χ0) is 23.4. The minimum Gasteiger partial charge on any atom is -0.302 e. The molecule has 6 rings (SSSR count). The average molecular weight is 481 g/mol. The standard InChI is InChI=1S/C25H26ClFN6O/c1-31-24(34)19-6-2-4-18(22(19)23(26)30-31)8-16-10-25(11-16)13-32(14-25)7-3-5-17-9-21-29-28-15-33(21)12-20(17)27/h2,4,6,9,12,15-16H,3,5,7-8,10-11,13-14H2,1H3. The van der Waals surface area contributed by atoms with Crippen LogP contribution in [0.5, 0.6) is 0 Å². The lowest BCUT2D eigenvalue weighted by Crippen LogP contribution is -2.62. The van der Waals surface area contributed by atoms with Gasteiger partial charge in [0.1, 0.15) is 12.1 Å². The van der Waals surface area contributed by atoms with Gasteiger partial charge in [0, 0.05) is 31.7 Å². The Bertz CT molecular complexity index is 1450. The Balaban J connectivity index is 1.02. The summed E-state index contributed by atoms with van der Waals surface area (Å²) in [6.07, 6.45) is 7.93. The Labute approximate surface area is 201 Å². The van der Waals surface area contributed by atoms with E-state index in [0.29, 0.717) is 39.5 Å². The number of hydrogen-bond donors (Lipinski definition) is 0. The van der Waals surface area contributed by atoms with E-state index in [9.17, 15) is 9.18 Å². The van der Waals surface area contributed by atoms with Crippen molar-refractivity contribution in [3.05, 3.63) is 69.2 Å². The number of likely N-dealkylation sites (tertiary alicyclic amines) is 1. The number of benzene rings is 1. The van der Waals surface area contributed by atoms with Gasteiger partial charge < -0.3 is 4.90 Å². The van der Waals surface area contributed by atoms with Crippen LogP contribution in [-0.2, 0) is 19.9 Å². The number of nitrogens with zero attached hydrogens (tertiary/aromatic N) is 6. The molecule has 0 bridgehead atoms. The summed E-state index contributed by atoms with van der Waals surface area (Å²) in [4.78, 5) is 14.9. The van der Waals surface area contributed by atoms with Crippen molar-refractivity contribution in [3.63, 3.8) is 0 Å². The largest absolute Gasteiger partial charge is 0.302 e. The fourth-order valence-corrected chi connectivity index (χ4v) is 6.44. The molecule has 176 valence electrons. The maximum absolute atomic E-state index is 14.3. The summed E-state index contributed by atoms with van der Waals surface area (Å²) < 4.78 is 17.2. The fourth-order valence-electron chi connectivity index (χ4n) is 6.10. The molecule has 0 unspecified atom stereocenters. The van der Waals surface area contributed by atoms with E-state index in [0.717, 1.165) is 43.4 Å². The summed E-state index contributed by atoms with van der Waals surface area (Å²) in [5.41, 5.74) is 2.83. The van der Waals surface area contributed by atoms with Gasteiger partial charge in [-0.2, -0.15) is 5.10 Å². The molecular formula is C25H26ClFN6O. The lowest BCUT2D eigenvalue weighted by atomic mass is 9.56. The van der Waals surface area contributed by atoms with Gasteiger partial charge in [0.2, 0.25) is 0 Å². The first-order chi connectivity index (χ1) is 16.4. The molecule has 2 fully saturated rings. The number of halogens is 2. The van der Waals surface area contributed by atoms with Crippen LogP contribution in [0.2, 0.25) is 5.15 Å². The van der Waals surface area contributed by atoms with E-state index < -0.39 is 0 Å². The lowest BCUT2D eigenvalue weighted by molar-refractivity contribution is -0.0936. The molecule has 4 aromatic rings. The molecule has 4 heterocycles. The second-order valence-corrected chi connectivity index (χ2v) is 10.5. The van der Waals surface area contributed by atoms with Crippen LogP contribution in [0.25, 0.3) is 16.4 Å². The Morgan fingerprint density at radius 1 is 1.24 bits per heavy atom. The van der Waals surface area contributed by atoms with Crippen molar-refractivity contribution in [1.29, 1.82) is 0 Å². The van der Waals surface area contributed by atoms with Crippen LogP contribution in [0.4, 0.5) is 4.39 Å². The van der Waals surface area contributed by atoms with E-state index in [1.807, 2.05) is 12.1 Å². The van der Waals surface area contributed by atoms with Crippen molar-refractivity contribution in [2.75, 3.05) is 19.6 Å². The molecule has 1 aliphatic heterocycles. The van der Waals surface area contributed by atoms with Gasteiger partial charge in [-0.05, 0) is 73.2 Å². The fraction of sp³-hybridized carbons (Fsp3) is 0.440. The minimum atomic E-state index is -0.198. The van der Waals surface area contributed by atoms with E-state index in [1.165, 1.54) is 30.0 Å². The molecule has 2 aliphatic rings. The number of aryl methyl sites for hydroxylation is 2. The van der Waals surface area contributed by atoms with Gasteiger partial charge in [-0.1, -0.05) is 23.7 Å². The Morgan fingerprint density at radius 2 is 2.06 bits per heavy atom. The Hall–Kier alpha value is -2.84. The van der Waals surface area contributed by atoms with E-state index in [1.54, 1.807) is 17.5 Å².